The number of hydrazone groups is 1. The van der Waals surface area contributed by atoms with Crippen LogP contribution in [-0.4, -0.2) is 54.3 Å². The Morgan fingerprint density at radius 3 is 2.47 bits per heavy atom. The van der Waals surface area contributed by atoms with Crippen molar-refractivity contribution in [1.29, 1.82) is 0 Å². The lowest BCUT2D eigenvalue weighted by molar-refractivity contribution is -0.0271. The van der Waals surface area contributed by atoms with E-state index in [0.717, 1.165) is 16.8 Å². The van der Waals surface area contributed by atoms with E-state index in [9.17, 15) is 13.6 Å². The van der Waals surface area contributed by atoms with Gasteiger partial charge in [0.05, 0.1) is 32.5 Å². The molecule has 1 saturated heterocycles. The molecule has 34 heavy (non-hydrogen) atoms. The molecule has 0 spiro atoms. The van der Waals surface area contributed by atoms with E-state index in [1.165, 1.54) is 18.2 Å². The van der Waals surface area contributed by atoms with Crippen LogP contribution in [0.5, 0.6) is 0 Å². The van der Waals surface area contributed by atoms with Gasteiger partial charge in [-0.15, -0.1) is 0 Å². The van der Waals surface area contributed by atoms with Crippen molar-refractivity contribution in [3.05, 3.63) is 82.5 Å². The fraction of sp³-hybridized carbons (Fsp3) is 0.250. The van der Waals surface area contributed by atoms with Gasteiger partial charge in [-0.25, -0.2) is 23.6 Å². The number of nitrogens with zero attached hydrogens (tertiary/aromatic N) is 5. The number of carbonyl (C=O) groups is 1. The molecular formula is C24H20ClF2N5O2. The third-order valence-corrected chi connectivity index (χ3v) is 6.04. The molecule has 1 atom stereocenters. The van der Waals surface area contributed by atoms with Crippen LogP contribution in [0.4, 0.5) is 20.5 Å². The Bertz CT molecular complexity index is 1250. The van der Waals surface area contributed by atoms with Crippen LogP contribution >= 0.6 is 11.6 Å². The van der Waals surface area contributed by atoms with E-state index >= 15 is 0 Å². The number of halogens is 3. The number of hydrogen-bond acceptors (Lipinski definition) is 7. The number of methoxy groups -OCH3 is 1. The molecule has 2 aliphatic rings. The number of aromatic nitrogens is 2. The first-order valence-electron chi connectivity index (χ1n) is 10.6. The van der Waals surface area contributed by atoms with Crippen LogP contribution < -0.4 is 9.91 Å². The number of benzene rings is 2. The van der Waals surface area contributed by atoms with Crippen molar-refractivity contribution in [1.82, 2.24) is 9.97 Å². The Hall–Kier alpha value is -3.59. The molecule has 0 bridgehead atoms. The molecule has 1 aromatic heterocycles. The number of rotatable bonds is 5. The van der Waals surface area contributed by atoms with Crippen molar-refractivity contribution in [2.24, 2.45) is 5.10 Å². The topological polar surface area (TPSA) is 70.9 Å². The van der Waals surface area contributed by atoms with Gasteiger partial charge in [-0.2, -0.15) is 10.1 Å². The quantitative estimate of drug-likeness (QED) is 0.502. The zero-order valence-electron chi connectivity index (χ0n) is 18.2. The highest BCUT2D eigenvalue weighted by Gasteiger charge is 2.45. The Morgan fingerprint density at radius 2 is 1.82 bits per heavy atom. The predicted molar refractivity (Wildman–Crippen MR) is 125 cm³/mol. The average Bonchev–Trinajstić information content (AvgIpc) is 3.28. The van der Waals surface area contributed by atoms with Crippen molar-refractivity contribution in [2.45, 2.75) is 11.8 Å². The van der Waals surface area contributed by atoms with Crippen molar-refractivity contribution in [3.63, 3.8) is 0 Å². The molecule has 2 aromatic carbocycles. The van der Waals surface area contributed by atoms with Gasteiger partial charge in [0, 0.05) is 17.1 Å². The SMILES string of the molecule is COC(=O)c1cnc(N2CC(F)(F)C2)nc1N1CC(c2ccccc2)C(c2ccc(Cl)cc2)=N1. The molecule has 5 rings (SSSR count). The molecule has 3 heterocycles. The lowest BCUT2D eigenvalue weighted by atomic mass is 9.91. The van der Waals surface area contributed by atoms with Crippen LogP contribution in [0.1, 0.15) is 27.4 Å². The summed E-state index contributed by atoms with van der Waals surface area (Å²) < 4.78 is 31.8. The first-order chi connectivity index (χ1) is 16.3. The van der Waals surface area contributed by atoms with E-state index in [1.807, 2.05) is 42.5 Å². The summed E-state index contributed by atoms with van der Waals surface area (Å²) in [5, 5.41) is 7.02. The molecule has 0 aliphatic carbocycles. The first kappa shape index (κ1) is 22.2. The van der Waals surface area contributed by atoms with Crippen molar-refractivity contribution in [2.75, 3.05) is 36.7 Å². The zero-order chi connectivity index (χ0) is 23.9. The lowest BCUT2D eigenvalue weighted by Gasteiger charge is -2.38. The Morgan fingerprint density at radius 1 is 1.12 bits per heavy atom. The summed E-state index contributed by atoms with van der Waals surface area (Å²) in [6.07, 6.45) is 1.30. The smallest absolute Gasteiger partial charge is 0.343 e. The summed E-state index contributed by atoms with van der Waals surface area (Å²) in [6.45, 7) is -0.565. The normalized spacial score (nSPS) is 18.9. The molecule has 174 valence electrons. The van der Waals surface area contributed by atoms with Crippen LogP contribution in [0.2, 0.25) is 5.02 Å². The number of carbonyl (C=O) groups excluding carboxylic acids is 1. The monoisotopic (exact) mass is 483 g/mol. The van der Waals surface area contributed by atoms with Gasteiger partial charge >= 0.3 is 5.97 Å². The second-order valence-corrected chi connectivity index (χ2v) is 8.58. The summed E-state index contributed by atoms with van der Waals surface area (Å²) in [6, 6.07) is 17.2. The molecule has 10 heteroatoms. The van der Waals surface area contributed by atoms with Gasteiger partial charge in [-0.05, 0) is 23.3 Å². The lowest BCUT2D eigenvalue weighted by Crippen LogP contribution is -2.57. The van der Waals surface area contributed by atoms with Gasteiger partial charge in [-0.3, -0.25) is 0 Å². The number of hydrogen-bond donors (Lipinski definition) is 0. The molecule has 0 radical (unpaired) electrons. The second-order valence-electron chi connectivity index (χ2n) is 8.15. The third kappa shape index (κ3) is 4.19. The van der Waals surface area contributed by atoms with Crippen molar-refractivity contribution < 1.29 is 18.3 Å². The molecule has 0 saturated carbocycles. The van der Waals surface area contributed by atoms with E-state index in [0.29, 0.717) is 11.6 Å². The van der Waals surface area contributed by atoms with Crippen molar-refractivity contribution >= 4 is 35.0 Å². The largest absolute Gasteiger partial charge is 0.465 e. The van der Waals surface area contributed by atoms with Crippen LogP contribution in [0.3, 0.4) is 0 Å². The third-order valence-electron chi connectivity index (χ3n) is 5.79. The minimum absolute atomic E-state index is 0.103. The maximum atomic E-state index is 13.4. The van der Waals surface area contributed by atoms with E-state index in [2.05, 4.69) is 9.97 Å². The summed E-state index contributed by atoms with van der Waals surface area (Å²) >= 11 is 6.08. The van der Waals surface area contributed by atoms with E-state index < -0.39 is 25.0 Å². The van der Waals surface area contributed by atoms with Crippen LogP contribution in [-0.2, 0) is 4.74 Å². The maximum absolute atomic E-state index is 13.4. The van der Waals surface area contributed by atoms with Crippen LogP contribution in [0.15, 0.2) is 65.9 Å². The number of esters is 1. The van der Waals surface area contributed by atoms with Gasteiger partial charge < -0.3 is 9.64 Å². The van der Waals surface area contributed by atoms with Crippen LogP contribution in [0.25, 0.3) is 0 Å². The molecule has 2 aliphatic heterocycles. The Kier molecular flexibility index (Phi) is 5.65. The highest BCUT2D eigenvalue weighted by molar-refractivity contribution is 6.30. The number of ether oxygens (including phenoxy) is 1. The maximum Gasteiger partial charge on any atom is 0.343 e. The van der Waals surface area contributed by atoms with E-state index in [1.54, 1.807) is 17.1 Å². The van der Waals surface area contributed by atoms with Crippen molar-refractivity contribution in [3.8, 4) is 0 Å². The predicted octanol–water partition coefficient (Wildman–Crippen LogP) is 4.38. The fourth-order valence-corrected chi connectivity index (χ4v) is 4.21. The number of alkyl halides is 2. The molecule has 0 N–H and O–H groups in total. The summed E-state index contributed by atoms with van der Waals surface area (Å²) in [7, 11) is 1.26. The zero-order valence-corrected chi connectivity index (χ0v) is 18.9. The minimum Gasteiger partial charge on any atom is -0.465 e. The standard InChI is InChI=1S/C24H20ClF2N5O2/c1-34-22(33)18-11-28-23(31-13-24(26,27)14-31)29-21(18)32-12-19(15-5-3-2-4-6-15)20(30-32)16-7-9-17(25)10-8-16/h2-11,19H,12-14H2,1H3. The second kappa shape index (κ2) is 8.64. The first-order valence-corrected chi connectivity index (χ1v) is 11.0. The molecular weight excluding hydrogens is 464 g/mol. The minimum atomic E-state index is -2.78. The highest BCUT2D eigenvalue weighted by Crippen LogP contribution is 2.35. The number of anilines is 2. The van der Waals surface area contributed by atoms with Crippen LogP contribution in [0, 0.1) is 0 Å². The van der Waals surface area contributed by atoms with Gasteiger partial charge in [0.1, 0.15) is 5.56 Å². The molecule has 1 fully saturated rings. The van der Waals surface area contributed by atoms with Gasteiger partial charge in [0.25, 0.3) is 5.92 Å². The summed E-state index contributed by atoms with van der Waals surface area (Å²) in [5.74, 6) is -3.23. The average molecular weight is 484 g/mol. The molecule has 1 unspecified atom stereocenters. The van der Waals surface area contributed by atoms with E-state index in [-0.39, 0.29) is 23.2 Å². The van der Waals surface area contributed by atoms with Gasteiger partial charge in [-0.1, -0.05) is 54.1 Å². The van der Waals surface area contributed by atoms with E-state index in [4.69, 9.17) is 21.4 Å². The highest BCUT2D eigenvalue weighted by atomic mass is 35.5. The molecule has 0 amide bonds. The Balaban J connectivity index is 1.57. The summed E-state index contributed by atoms with van der Waals surface area (Å²) in [5.41, 5.74) is 2.78. The molecule has 7 nitrogen and oxygen atoms in total. The Labute approximate surface area is 199 Å². The van der Waals surface area contributed by atoms with Gasteiger partial charge in [0.15, 0.2) is 5.82 Å². The van der Waals surface area contributed by atoms with Gasteiger partial charge in [0.2, 0.25) is 5.95 Å². The molecule has 3 aromatic rings. The summed E-state index contributed by atoms with van der Waals surface area (Å²) in [4.78, 5) is 22.4. The fourth-order valence-electron chi connectivity index (χ4n) is 4.08.